The van der Waals surface area contributed by atoms with Gasteiger partial charge < -0.3 is 10.1 Å². The second-order valence-electron chi connectivity index (χ2n) is 9.81. The van der Waals surface area contributed by atoms with Crippen molar-refractivity contribution in [3.05, 3.63) is 88.5 Å². The third-order valence-corrected chi connectivity index (χ3v) is 7.08. The number of aryl methyl sites for hydroxylation is 3. The zero-order chi connectivity index (χ0) is 25.8. The molecule has 0 unspecified atom stereocenters. The predicted molar refractivity (Wildman–Crippen MR) is 141 cm³/mol. The molecule has 0 spiro atoms. The average molecular weight is 495 g/mol. The maximum absolute atomic E-state index is 13.1. The number of benzene rings is 3. The number of hydrogen-bond acceptors (Lipinski definition) is 4. The van der Waals surface area contributed by atoms with E-state index in [-0.39, 0.29) is 28.3 Å². The van der Waals surface area contributed by atoms with Crippen molar-refractivity contribution >= 4 is 21.6 Å². The topological polar surface area (TPSA) is 84.5 Å². The number of hydrogen-bond donors (Lipinski definition) is 2. The molecular formula is C28H34N2O4S. The van der Waals surface area contributed by atoms with Gasteiger partial charge in [-0.3, -0.25) is 9.52 Å². The Morgan fingerprint density at radius 1 is 0.914 bits per heavy atom. The van der Waals surface area contributed by atoms with Gasteiger partial charge in [0, 0.05) is 11.3 Å². The van der Waals surface area contributed by atoms with E-state index in [4.69, 9.17) is 4.74 Å². The minimum atomic E-state index is -3.87. The highest BCUT2D eigenvalue weighted by Gasteiger charge is 2.20. The Kier molecular flexibility index (Phi) is 7.90. The van der Waals surface area contributed by atoms with Crippen molar-refractivity contribution in [2.24, 2.45) is 0 Å². The van der Waals surface area contributed by atoms with E-state index < -0.39 is 10.0 Å². The third-order valence-electron chi connectivity index (χ3n) is 5.55. The lowest BCUT2D eigenvalue weighted by Crippen LogP contribution is -2.28. The van der Waals surface area contributed by atoms with Gasteiger partial charge in [0.05, 0.1) is 11.4 Å². The average Bonchev–Trinajstić information content (AvgIpc) is 2.75. The Bertz CT molecular complexity index is 1300. The first-order valence-corrected chi connectivity index (χ1v) is 13.1. The maximum atomic E-state index is 13.1. The highest BCUT2D eigenvalue weighted by molar-refractivity contribution is 7.92. The number of nitrogens with one attached hydrogen (secondary N) is 2. The molecule has 0 bridgehead atoms. The van der Waals surface area contributed by atoms with Crippen LogP contribution < -0.4 is 14.8 Å². The molecule has 0 heterocycles. The summed E-state index contributed by atoms with van der Waals surface area (Å²) < 4.78 is 34.7. The number of para-hydroxylation sites is 1. The van der Waals surface area contributed by atoms with Gasteiger partial charge in [0.15, 0.2) is 0 Å². The molecule has 3 aromatic carbocycles. The van der Waals surface area contributed by atoms with E-state index in [1.165, 1.54) is 6.07 Å². The van der Waals surface area contributed by atoms with Crippen molar-refractivity contribution in [1.82, 2.24) is 5.32 Å². The SMILES string of the molecule is Cc1cc(C)cc(NS(=O)(=O)c2cc(C(=O)NCCOc3ccccc3C(C)(C)C)ccc2C)c1. The van der Waals surface area contributed by atoms with Crippen molar-refractivity contribution in [2.75, 3.05) is 17.9 Å². The molecule has 0 aliphatic heterocycles. The Morgan fingerprint density at radius 3 is 2.23 bits per heavy atom. The number of carbonyl (C=O) groups is 1. The first kappa shape index (κ1) is 26.3. The number of anilines is 1. The molecule has 0 aliphatic carbocycles. The molecule has 0 radical (unpaired) electrons. The Morgan fingerprint density at radius 2 is 1.57 bits per heavy atom. The van der Waals surface area contributed by atoms with Crippen molar-refractivity contribution in [2.45, 2.75) is 51.9 Å². The van der Waals surface area contributed by atoms with Crippen LogP contribution in [0.15, 0.2) is 65.6 Å². The fourth-order valence-electron chi connectivity index (χ4n) is 3.91. The van der Waals surface area contributed by atoms with Gasteiger partial charge in [-0.05, 0) is 78.8 Å². The Balaban J connectivity index is 1.68. The van der Waals surface area contributed by atoms with E-state index in [1.54, 1.807) is 31.2 Å². The minimum Gasteiger partial charge on any atom is -0.491 e. The van der Waals surface area contributed by atoms with Gasteiger partial charge in [-0.1, -0.05) is 51.1 Å². The molecule has 0 fully saturated rings. The van der Waals surface area contributed by atoms with Gasteiger partial charge >= 0.3 is 0 Å². The molecule has 0 aliphatic rings. The van der Waals surface area contributed by atoms with Crippen molar-refractivity contribution in [1.29, 1.82) is 0 Å². The van der Waals surface area contributed by atoms with Crippen LogP contribution in [0.5, 0.6) is 5.75 Å². The summed E-state index contributed by atoms with van der Waals surface area (Å²) >= 11 is 0. The van der Waals surface area contributed by atoms with Crippen molar-refractivity contribution in [3.63, 3.8) is 0 Å². The number of amides is 1. The quantitative estimate of drug-likeness (QED) is 0.404. The largest absolute Gasteiger partial charge is 0.491 e. The van der Waals surface area contributed by atoms with Crippen LogP contribution in [0.4, 0.5) is 5.69 Å². The molecule has 3 aromatic rings. The minimum absolute atomic E-state index is 0.0607. The van der Waals surface area contributed by atoms with Crippen LogP contribution in [0.2, 0.25) is 0 Å². The molecule has 0 aromatic heterocycles. The highest BCUT2D eigenvalue weighted by atomic mass is 32.2. The second-order valence-corrected chi connectivity index (χ2v) is 11.5. The van der Waals surface area contributed by atoms with Crippen LogP contribution in [0.25, 0.3) is 0 Å². The zero-order valence-corrected chi connectivity index (χ0v) is 22.0. The van der Waals surface area contributed by atoms with E-state index in [9.17, 15) is 13.2 Å². The number of ether oxygens (including phenoxy) is 1. The lowest BCUT2D eigenvalue weighted by atomic mass is 9.86. The van der Waals surface area contributed by atoms with Crippen LogP contribution in [0.1, 0.15) is 53.4 Å². The Labute approximate surface area is 208 Å². The van der Waals surface area contributed by atoms with Crippen molar-refractivity contribution in [3.8, 4) is 5.75 Å². The summed E-state index contributed by atoms with van der Waals surface area (Å²) in [5.41, 5.74) is 4.27. The first-order valence-electron chi connectivity index (χ1n) is 11.6. The van der Waals surface area contributed by atoms with Gasteiger partial charge in [0.25, 0.3) is 15.9 Å². The third kappa shape index (κ3) is 6.85. The summed E-state index contributed by atoms with van der Waals surface area (Å²) in [7, 11) is -3.87. The monoisotopic (exact) mass is 494 g/mol. The molecule has 0 saturated heterocycles. The molecule has 6 nitrogen and oxygen atoms in total. The van der Waals surface area contributed by atoms with E-state index in [1.807, 2.05) is 44.2 Å². The van der Waals surface area contributed by atoms with Crippen LogP contribution in [-0.4, -0.2) is 27.5 Å². The van der Waals surface area contributed by atoms with Gasteiger partial charge in [-0.2, -0.15) is 0 Å². The number of rotatable bonds is 8. The highest BCUT2D eigenvalue weighted by Crippen LogP contribution is 2.30. The molecule has 0 saturated carbocycles. The summed E-state index contributed by atoms with van der Waals surface area (Å²) in [6.07, 6.45) is 0. The summed E-state index contributed by atoms with van der Waals surface area (Å²) in [4.78, 5) is 12.8. The fourth-order valence-corrected chi connectivity index (χ4v) is 5.23. The first-order chi connectivity index (χ1) is 16.4. The van der Waals surface area contributed by atoms with E-state index in [2.05, 4.69) is 30.8 Å². The molecule has 1 amide bonds. The van der Waals surface area contributed by atoms with E-state index in [0.29, 0.717) is 17.9 Å². The lowest BCUT2D eigenvalue weighted by Gasteiger charge is -2.22. The van der Waals surface area contributed by atoms with Crippen LogP contribution >= 0.6 is 0 Å². The molecule has 186 valence electrons. The molecule has 7 heteroatoms. The standard InChI is InChI=1S/C28H34N2O4S/c1-19-15-20(2)17-23(16-19)30-35(32,33)26-18-22(12-11-21(26)3)27(31)29-13-14-34-25-10-8-7-9-24(25)28(4,5)6/h7-12,15-18,30H,13-14H2,1-6H3,(H,29,31). The number of sulfonamides is 1. The van der Waals surface area contributed by atoms with Crippen molar-refractivity contribution < 1.29 is 17.9 Å². The van der Waals surface area contributed by atoms with Gasteiger partial charge in [0.2, 0.25) is 0 Å². The molecule has 0 atom stereocenters. The Hall–Kier alpha value is -3.32. The van der Waals surface area contributed by atoms with Crippen LogP contribution in [-0.2, 0) is 15.4 Å². The van der Waals surface area contributed by atoms with Gasteiger partial charge in [-0.25, -0.2) is 8.42 Å². The lowest BCUT2D eigenvalue weighted by molar-refractivity contribution is 0.0946. The number of carbonyl (C=O) groups excluding carboxylic acids is 1. The fraction of sp³-hybridized carbons (Fsp3) is 0.321. The summed E-state index contributed by atoms with van der Waals surface area (Å²) in [5.74, 6) is 0.427. The maximum Gasteiger partial charge on any atom is 0.262 e. The van der Waals surface area contributed by atoms with Gasteiger partial charge in [-0.15, -0.1) is 0 Å². The summed E-state index contributed by atoms with van der Waals surface area (Å²) in [6, 6.07) is 18.0. The smallest absolute Gasteiger partial charge is 0.262 e. The van der Waals surface area contributed by atoms with Gasteiger partial charge in [0.1, 0.15) is 12.4 Å². The van der Waals surface area contributed by atoms with Crippen LogP contribution in [0, 0.1) is 20.8 Å². The second kappa shape index (κ2) is 10.5. The molecule has 3 rings (SSSR count). The van der Waals surface area contributed by atoms with E-state index >= 15 is 0 Å². The molecule has 2 N–H and O–H groups in total. The predicted octanol–water partition coefficient (Wildman–Crippen LogP) is 5.52. The molecular weight excluding hydrogens is 460 g/mol. The van der Waals surface area contributed by atoms with Crippen LogP contribution in [0.3, 0.4) is 0 Å². The van der Waals surface area contributed by atoms with E-state index in [0.717, 1.165) is 22.4 Å². The molecule has 35 heavy (non-hydrogen) atoms. The normalized spacial score (nSPS) is 11.7. The zero-order valence-electron chi connectivity index (χ0n) is 21.2. The summed E-state index contributed by atoms with van der Waals surface area (Å²) in [5, 5.41) is 2.81. The summed E-state index contributed by atoms with van der Waals surface area (Å²) in [6.45, 7) is 12.5.